The molecule has 1 saturated heterocycles. The van der Waals surface area contributed by atoms with Gasteiger partial charge in [0, 0.05) is 32.4 Å². The van der Waals surface area contributed by atoms with E-state index in [0.717, 1.165) is 0 Å². The van der Waals surface area contributed by atoms with E-state index >= 15 is 0 Å². The van der Waals surface area contributed by atoms with Crippen LogP contribution in [0.25, 0.3) is 11.5 Å². The predicted molar refractivity (Wildman–Crippen MR) is 108 cm³/mol. The second-order valence-corrected chi connectivity index (χ2v) is 7.23. The molecule has 11 heteroatoms. The van der Waals surface area contributed by atoms with Gasteiger partial charge in [0.15, 0.2) is 5.76 Å². The average Bonchev–Trinajstić information content (AvgIpc) is 3.53. The molecule has 31 heavy (non-hydrogen) atoms. The first kappa shape index (κ1) is 18.9. The van der Waals surface area contributed by atoms with Crippen LogP contribution in [0.2, 0.25) is 0 Å². The maximum Gasteiger partial charge on any atom is 0.289 e. The Hall–Kier alpha value is -4.15. The number of fused-ring (bicyclic) bond motifs is 1. The van der Waals surface area contributed by atoms with Gasteiger partial charge in [-0.3, -0.25) is 19.4 Å². The fourth-order valence-corrected chi connectivity index (χ4v) is 3.70. The number of aromatic amines is 1. The molecule has 1 fully saturated rings. The number of amides is 2. The lowest BCUT2D eigenvalue weighted by atomic mass is 10.2. The largest absolute Gasteiger partial charge is 0.459 e. The highest BCUT2D eigenvalue weighted by Crippen LogP contribution is 2.16. The van der Waals surface area contributed by atoms with Gasteiger partial charge in [0.1, 0.15) is 5.52 Å². The minimum Gasteiger partial charge on any atom is -0.459 e. The lowest BCUT2D eigenvalue weighted by Crippen LogP contribution is -2.50. The van der Waals surface area contributed by atoms with Crippen molar-refractivity contribution >= 4 is 17.3 Å². The van der Waals surface area contributed by atoms with E-state index < -0.39 is 0 Å². The summed E-state index contributed by atoms with van der Waals surface area (Å²) in [7, 11) is 0. The Morgan fingerprint density at radius 1 is 1.06 bits per heavy atom. The number of H-pyrrole nitrogens is 1. The molecule has 4 aromatic rings. The predicted octanol–water partition coefficient (Wildman–Crippen LogP) is 0.708. The van der Waals surface area contributed by atoms with Crippen LogP contribution in [-0.2, 0) is 0 Å². The van der Waals surface area contributed by atoms with Gasteiger partial charge < -0.3 is 14.2 Å². The Balaban J connectivity index is 1.33. The van der Waals surface area contributed by atoms with E-state index in [9.17, 15) is 14.4 Å². The molecule has 158 valence electrons. The number of nitrogens with zero attached hydrogens (tertiary/aromatic N) is 6. The Kier molecular flexibility index (Phi) is 4.42. The zero-order valence-corrected chi connectivity index (χ0v) is 16.7. The van der Waals surface area contributed by atoms with Crippen molar-refractivity contribution in [1.29, 1.82) is 0 Å². The molecular formula is C20H19N7O4. The van der Waals surface area contributed by atoms with Crippen molar-refractivity contribution in [3.05, 3.63) is 70.3 Å². The van der Waals surface area contributed by atoms with Crippen LogP contribution in [0.5, 0.6) is 0 Å². The highest BCUT2D eigenvalue weighted by atomic mass is 16.3. The van der Waals surface area contributed by atoms with E-state index in [4.69, 9.17) is 4.42 Å². The third-order valence-electron chi connectivity index (χ3n) is 5.42. The molecule has 0 atom stereocenters. The van der Waals surface area contributed by atoms with Gasteiger partial charge in [-0.2, -0.15) is 5.10 Å². The summed E-state index contributed by atoms with van der Waals surface area (Å²) < 4.78 is 8.07. The molecule has 0 spiro atoms. The molecular weight excluding hydrogens is 402 g/mol. The maximum absolute atomic E-state index is 13.1. The minimum atomic E-state index is -0.296. The van der Waals surface area contributed by atoms with Crippen LogP contribution >= 0.6 is 0 Å². The van der Waals surface area contributed by atoms with Crippen LogP contribution in [0.3, 0.4) is 0 Å². The van der Waals surface area contributed by atoms with Gasteiger partial charge in [0.05, 0.1) is 23.7 Å². The zero-order valence-electron chi connectivity index (χ0n) is 16.7. The van der Waals surface area contributed by atoms with Crippen LogP contribution in [0.1, 0.15) is 26.6 Å². The topological polar surface area (TPSA) is 122 Å². The SMILES string of the molecule is Cc1c(C(=O)N2CCN(C(=O)c3ccco3)CC2)cnn1-c1nn2cccc2c(=O)[nH]1. The van der Waals surface area contributed by atoms with Gasteiger partial charge in [-0.25, -0.2) is 9.20 Å². The third kappa shape index (κ3) is 3.19. The highest BCUT2D eigenvalue weighted by Gasteiger charge is 2.28. The molecule has 0 radical (unpaired) electrons. The third-order valence-corrected chi connectivity index (χ3v) is 5.42. The molecule has 0 saturated carbocycles. The van der Waals surface area contributed by atoms with Gasteiger partial charge in [-0.05, 0) is 31.2 Å². The number of piperazine rings is 1. The monoisotopic (exact) mass is 421 g/mol. The molecule has 5 rings (SSSR count). The van der Waals surface area contributed by atoms with Gasteiger partial charge in [0.2, 0.25) is 5.95 Å². The van der Waals surface area contributed by atoms with Gasteiger partial charge in [-0.1, -0.05) is 0 Å². The van der Waals surface area contributed by atoms with Crippen LogP contribution in [0, 0.1) is 6.92 Å². The second kappa shape index (κ2) is 7.27. The summed E-state index contributed by atoms with van der Waals surface area (Å²) in [5.74, 6) is 0.145. The van der Waals surface area contributed by atoms with Crippen molar-refractivity contribution in [3.63, 3.8) is 0 Å². The summed E-state index contributed by atoms with van der Waals surface area (Å²) >= 11 is 0. The van der Waals surface area contributed by atoms with E-state index in [-0.39, 0.29) is 29.1 Å². The molecule has 2 amide bonds. The quantitative estimate of drug-likeness (QED) is 0.520. The summed E-state index contributed by atoms with van der Waals surface area (Å²) in [6.07, 6.45) is 4.60. The minimum absolute atomic E-state index is 0.182. The van der Waals surface area contributed by atoms with Gasteiger partial charge >= 0.3 is 0 Å². The van der Waals surface area contributed by atoms with Gasteiger partial charge in [-0.15, -0.1) is 5.10 Å². The molecule has 1 aliphatic heterocycles. The molecule has 11 nitrogen and oxygen atoms in total. The molecule has 1 N–H and O–H groups in total. The Morgan fingerprint density at radius 3 is 2.52 bits per heavy atom. The Bertz CT molecular complexity index is 1320. The van der Waals surface area contributed by atoms with E-state index in [1.807, 2.05) is 0 Å². The number of furan rings is 1. The number of rotatable bonds is 3. The first-order valence-corrected chi connectivity index (χ1v) is 9.77. The Labute approximate surface area is 175 Å². The first-order valence-electron chi connectivity index (χ1n) is 9.77. The summed E-state index contributed by atoms with van der Waals surface area (Å²) in [6.45, 7) is 3.38. The second-order valence-electron chi connectivity index (χ2n) is 7.23. The molecule has 0 bridgehead atoms. The molecule has 5 heterocycles. The number of nitrogens with one attached hydrogen (secondary N) is 1. The van der Waals surface area contributed by atoms with Crippen LogP contribution in [0.15, 0.2) is 52.1 Å². The molecule has 0 unspecified atom stereocenters. The van der Waals surface area contributed by atoms with Crippen molar-refractivity contribution in [3.8, 4) is 5.95 Å². The zero-order chi connectivity index (χ0) is 21.5. The fourth-order valence-electron chi connectivity index (χ4n) is 3.70. The smallest absolute Gasteiger partial charge is 0.289 e. The van der Waals surface area contributed by atoms with Crippen molar-refractivity contribution in [1.82, 2.24) is 34.2 Å². The van der Waals surface area contributed by atoms with Gasteiger partial charge in [0.25, 0.3) is 17.4 Å². The first-order chi connectivity index (χ1) is 15.0. The van der Waals surface area contributed by atoms with E-state index in [2.05, 4.69) is 15.2 Å². The van der Waals surface area contributed by atoms with E-state index in [1.165, 1.54) is 21.7 Å². The molecule has 4 aromatic heterocycles. The maximum atomic E-state index is 13.1. The van der Waals surface area contributed by atoms with E-state index in [0.29, 0.717) is 43.0 Å². The molecule has 0 aromatic carbocycles. The van der Waals surface area contributed by atoms with Crippen LogP contribution < -0.4 is 5.56 Å². The summed E-state index contributed by atoms with van der Waals surface area (Å²) in [5.41, 5.74) is 1.11. The van der Waals surface area contributed by atoms with Crippen LogP contribution in [0.4, 0.5) is 0 Å². The molecule has 1 aliphatic rings. The number of carbonyl (C=O) groups excluding carboxylic acids is 2. The normalized spacial score (nSPS) is 14.4. The average molecular weight is 421 g/mol. The fraction of sp³-hybridized carbons (Fsp3) is 0.250. The summed E-state index contributed by atoms with van der Waals surface area (Å²) in [4.78, 5) is 43.7. The number of aromatic nitrogens is 5. The molecule has 0 aliphatic carbocycles. The summed E-state index contributed by atoms with van der Waals surface area (Å²) in [5, 5.41) is 8.61. The Morgan fingerprint density at radius 2 is 1.81 bits per heavy atom. The number of hydrogen-bond acceptors (Lipinski definition) is 6. The lowest BCUT2D eigenvalue weighted by molar-refractivity contribution is 0.0517. The van der Waals surface area contributed by atoms with Crippen molar-refractivity contribution in [2.45, 2.75) is 6.92 Å². The standard InChI is InChI=1S/C20H19N7O4/c1-13-14(12-21-27(13)20-22-17(28)15-4-2-6-26(15)23-20)18(29)24-7-9-25(10-8-24)19(30)16-5-3-11-31-16/h2-6,11-12H,7-10H2,1H3,(H,22,23,28). The highest BCUT2D eigenvalue weighted by molar-refractivity contribution is 5.96. The summed E-state index contributed by atoms with van der Waals surface area (Å²) in [6, 6.07) is 6.68. The lowest BCUT2D eigenvalue weighted by Gasteiger charge is -2.34. The van der Waals surface area contributed by atoms with Crippen LogP contribution in [-0.4, -0.2) is 72.2 Å². The van der Waals surface area contributed by atoms with E-state index in [1.54, 1.807) is 47.2 Å². The number of carbonyl (C=O) groups is 2. The van der Waals surface area contributed by atoms with Crippen molar-refractivity contribution < 1.29 is 14.0 Å². The van der Waals surface area contributed by atoms with Crippen molar-refractivity contribution in [2.75, 3.05) is 26.2 Å². The number of hydrogen-bond donors (Lipinski definition) is 1. The van der Waals surface area contributed by atoms with Crippen molar-refractivity contribution in [2.24, 2.45) is 0 Å².